The average Bonchev–Trinajstić information content (AvgIpc) is 3.20. The van der Waals surface area contributed by atoms with Crippen LogP contribution in [0.3, 0.4) is 0 Å². The second-order valence-electron chi connectivity index (χ2n) is 15.2. The minimum Gasteiger partial charge on any atom is -0.480 e. The molecular formula is C46H82NO10P. The molecule has 0 aliphatic carbocycles. The Labute approximate surface area is 352 Å². The number of allylic oxidation sites excluding steroid dienone is 8. The first-order valence-electron chi connectivity index (χ1n) is 22.7. The summed E-state index contributed by atoms with van der Waals surface area (Å²) in [6.45, 7) is 2.75. The smallest absolute Gasteiger partial charge is 0.472 e. The van der Waals surface area contributed by atoms with Crippen molar-refractivity contribution in [2.24, 2.45) is 5.73 Å². The zero-order valence-corrected chi connectivity index (χ0v) is 37.3. The molecule has 58 heavy (non-hydrogen) atoms. The lowest BCUT2D eigenvalue weighted by Crippen LogP contribution is -2.34. The van der Waals surface area contributed by atoms with Crippen LogP contribution in [0.1, 0.15) is 194 Å². The number of carbonyl (C=O) groups excluding carboxylic acids is 2. The first-order valence-corrected chi connectivity index (χ1v) is 24.2. The van der Waals surface area contributed by atoms with Gasteiger partial charge in [-0.25, -0.2) is 4.57 Å². The van der Waals surface area contributed by atoms with Crippen LogP contribution in [0.4, 0.5) is 0 Å². The van der Waals surface area contributed by atoms with Crippen molar-refractivity contribution < 1.29 is 47.5 Å². The zero-order chi connectivity index (χ0) is 42.8. The van der Waals surface area contributed by atoms with Crippen LogP contribution >= 0.6 is 7.82 Å². The molecule has 4 N–H and O–H groups in total. The van der Waals surface area contributed by atoms with Crippen LogP contribution < -0.4 is 5.73 Å². The first kappa shape index (κ1) is 55.4. The van der Waals surface area contributed by atoms with Crippen LogP contribution in [-0.2, 0) is 37.5 Å². The highest BCUT2D eigenvalue weighted by molar-refractivity contribution is 7.47. The van der Waals surface area contributed by atoms with Crippen molar-refractivity contribution in [3.8, 4) is 0 Å². The number of rotatable bonds is 42. The van der Waals surface area contributed by atoms with E-state index in [1.807, 2.05) is 0 Å². The molecule has 0 heterocycles. The number of carboxylic acid groups (broad SMARTS) is 1. The number of carbonyl (C=O) groups is 3. The van der Waals surface area contributed by atoms with E-state index in [4.69, 9.17) is 24.8 Å². The number of hydrogen-bond acceptors (Lipinski definition) is 9. The number of phosphoric ester groups is 1. The van der Waals surface area contributed by atoms with Crippen molar-refractivity contribution >= 4 is 25.7 Å². The summed E-state index contributed by atoms with van der Waals surface area (Å²) in [5, 5.41) is 8.89. The molecular weight excluding hydrogens is 757 g/mol. The summed E-state index contributed by atoms with van der Waals surface area (Å²) in [5.41, 5.74) is 5.33. The summed E-state index contributed by atoms with van der Waals surface area (Å²) in [7, 11) is -4.72. The molecule has 0 aromatic heterocycles. The fraction of sp³-hybridized carbons (Fsp3) is 0.761. The Morgan fingerprint density at radius 1 is 0.534 bits per heavy atom. The van der Waals surface area contributed by atoms with Gasteiger partial charge in [-0.15, -0.1) is 0 Å². The highest BCUT2D eigenvalue weighted by atomic mass is 31.2. The van der Waals surface area contributed by atoms with E-state index in [0.717, 1.165) is 57.8 Å². The van der Waals surface area contributed by atoms with Gasteiger partial charge in [0.2, 0.25) is 0 Å². The van der Waals surface area contributed by atoms with Gasteiger partial charge in [0.05, 0.1) is 13.2 Å². The molecule has 3 atom stereocenters. The molecule has 0 bridgehead atoms. The Morgan fingerprint density at radius 3 is 1.40 bits per heavy atom. The van der Waals surface area contributed by atoms with Gasteiger partial charge in [0.15, 0.2) is 6.10 Å². The summed E-state index contributed by atoms with van der Waals surface area (Å²) in [4.78, 5) is 46.0. The van der Waals surface area contributed by atoms with Crippen molar-refractivity contribution in [2.45, 2.75) is 206 Å². The minimum absolute atomic E-state index is 0.156. The molecule has 0 radical (unpaired) electrons. The van der Waals surface area contributed by atoms with Crippen molar-refractivity contribution in [2.75, 3.05) is 19.8 Å². The van der Waals surface area contributed by atoms with Gasteiger partial charge in [-0.3, -0.25) is 23.4 Å². The van der Waals surface area contributed by atoms with E-state index in [9.17, 15) is 23.8 Å². The lowest BCUT2D eigenvalue weighted by molar-refractivity contribution is -0.161. The molecule has 0 aliphatic rings. The topological polar surface area (TPSA) is 172 Å². The van der Waals surface area contributed by atoms with E-state index in [1.54, 1.807) is 0 Å². The second-order valence-corrected chi connectivity index (χ2v) is 16.6. The van der Waals surface area contributed by atoms with E-state index in [1.165, 1.54) is 96.3 Å². The van der Waals surface area contributed by atoms with Crippen molar-refractivity contribution in [1.82, 2.24) is 0 Å². The Kier molecular flexibility index (Phi) is 39.4. The highest BCUT2D eigenvalue weighted by Gasteiger charge is 2.28. The number of phosphoric acid groups is 1. The summed E-state index contributed by atoms with van der Waals surface area (Å²) in [5.74, 6) is -2.41. The van der Waals surface area contributed by atoms with Gasteiger partial charge < -0.3 is 25.2 Å². The molecule has 0 aliphatic heterocycles. The summed E-state index contributed by atoms with van der Waals surface area (Å²) < 4.78 is 32.7. The van der Waals surface area contributed by atoms with Gasteiger partial charge in [-0.2, -0.15) is 0 Å². The monoisotopic (exact) mass is 840 g/mol. The number of ether oxygens (including phenoxy) is 2. The SMILES string of the molecule is CCCCC/C=C/C/C=C/C/C=C/C/C=C/CCCCCC(=O)OC[C@H](COP(=O)(O)OC[C@H](N)C(=O)O)OC(=O)CCCCCCCCCCCCCCCCC. The number of unbranched alkanes of at least 4 members (excludes halogenated alkanes) is 20. The van der Waals surface area contributed by atoms with Gasteiger partial charge >= 0.3 is 25.7 Å². The van der Waals surface area contributed by atoms with E-state index in [-0.39, 0.29) is 19.4 Å². The third-order valence-corrected chi connectivity index (χ3v) is 10.5. The third-order valence-electron chi connectivity index (χ3n) is 9.58. The average molecular weight is 840 g/mol. The molecule has 0 amide bonds. The number of hydrogen-bond donors (Lipinski definition) is 3. The Morgan fingerprint density at radius 2 is 0.914 bits per heavy atom. The lowest BCUT2D eigenvalue weighted by Gasteiger charge is -2.20. The maximum absolute atomic E-state index is 12.6. The van der Waals surface area contributed by atoms with Gasteiger partial charge in [0, 0.05) is 12.8 Å². The van der Waals surface area contributed by atoms with E-state index in [2.05, 4.69) is 67.0 Å². The van der Waals surface area contributed by atoms with Gasteiger partial charge in [0.25, 0.3) is 0 Å². The Bertz CT molecular complexity index is 1170. The molecule has 0 saturated heterocycles. The molecule has 11 nitrogen and oxygen atoms in total. The summed E-state index contributed by atoms with van der Waals surface area (Å²) in [6.07, 6.45) is 46.0. The first-order chi connectivity index (χ1) is 28.1. The molecule has 0 aromatic carbocycles. The highest BCUT2D eigenvalue weighted by Crippen LogP contribution is 2.43. The van der Waals surface area contributed by atoms with Gasteiger partial charge in [-0.1, -0.05) is 172 Å². The van der Waals surface area contributed by atoms with Crippen LogP contribution in [0.25, 0.3) is 0 Å². The second kappa shape index (κ2) is 41.2. The van der Waals surface area contributed by atoms with Crippen molar-refractivity contribution in [1.29, 1.82) is 0 Å². The van der Waals surface area contributed by atoms with Gasteiger partial charge in [0.1, 0.15) is 12.6 Å². The van der Waals surface area contributed by atoms with Crippen molar-refractivity contribution in [3.05, 3.63) is 48.6 Å². The van der Waals surface area contributed by atoms with Crippen LogP contribution in [0.15, 0.2) is 48.6 Å². The number of aliphatic carboxylic acids is 1. The van der Waals surface area contributed by atoms with E-state index in [0.29, 0.717) is 12.8 Å². The third kappa shape index (κ3) is 40.2. The van der Waals surface area contributed by atoms with Crippen LogP contribution in [-0.4, -0.2) is 59.9 Å². The van der Waals surface area contributed by atoms with E-state index >= 15 is 0 Å². The largest absolute Gasteiger partial charge is 0.480 e. The maximum atomic E-state index is 12.6. The van der Waals surface area contributed by atoms with Gasteiger partial charge in [-0.05, 0) is 57.8 Å². The normalized spacial score (nSPS) is 14.1. The Hall–Kier alpha value is -2.56. The molecule has 0 rings (SSSR count). The van der Waals surface area contributed by atoms with Crippen LogP contribution in [0.5, 0.6) is 0 Å². The number of esters is 2. The fourth-order valence-corrected chi connectivity index (χ4v) is 6.77. The summed E-state index contributed by atoms with van der Waals surface area (Å²) >= 11 is 0. The Balaban J connectivity index is 4.39. The van der Waals surface area contributed by atoms with Crippen LogP contribution in [0, 0.1) is 0 Å². The molecule has 0 spiro atoms. The van der Waals surface area contributed by atoms with Crippen LogP contribution in [0.2, 0.25) is 0 Å². The summed E-state index contributed by atoms with van der Waals surface area (Å²) in [6, 6.07) is -1.53. The minimum atomic E-state index is -4.72. The molecule has 0 aromatic rings. The zero-order valence-electron chi connectivity index (χ0n) is 36.4. The maximum Gasteiger partial charge on any atom is 0.472 e. The lowest BCUT2D eigenvalue weighted by atomic mass is 10.0. The number of carboxylic acids is 1. The molecule has 12 heteroatoms. The number of nitrogens with two attached hydrogens (primary N) is 1. The predicted octanol–water partition coefficient (Wildman–Crippen LogP) is 12.2. The fourth-order valence-electron chi connectivity index (χ4n) is 5.99. The molecule has 0 saturated carbocycles. The molecule has 336 valence electrons. The molecule has 1 unspecified atom stereocenters. The molecule has 0 fully saturated rings. The predicted molar refractivity (Wildman–Crippen MR) is 235 cm³/mol. The van der Waals surface area contributed by atoms with Crippen molar-refractivity contribution in [3.63, 3.8) is 0 Å². The standard InChI is InChI=1S/C46H82NO10P/c1-3-5-7-9-11-13-15-17-19-20-21-22-24-25-27-29-31-33-35-37-44(48)54-39-42(40-55-58(52,53)56-41-43(47)46(50)51)57-45(49)38-36-34-32-30-28-26-23-18-16-14-12-10-8-6-4-2/h11,13,17,19,21-22,25,27,42-43H,3-10,12,14-16,18,20,23-24,26,28-41,47H2,1-2H3,(H,50,51)(H,52,53)/b13-11+,19-17+,22-21+,27-25+/t42-,43+/m1/s1. The van der Waals surface area contributed by atoms with E-state index < -0.39 is 51.1 Å². The quantitative estimate of drug-likeness (QED) is 0.0231.